The maximum absolute atomic E-state index is 12.3. The Morgan fingerprint density at radius 3 is 2.46 bits per heavy atom. The molecule has 5 nitrogen and oxygen atoms in total. The van der Waals surface area contributed by atoms with Gasteiger partial charge >= 0.3 is 0 Å². The van der Waals surface area contributed by atoms with E-state index in [9.17, 15) is 13.2 Å². The Kier molecular flexibility index (Phi) is 5.99. The molecule has 0 saturated carbocycles. The fourth-order valence-electron chi connectivity index (χ4n) is 2.14. The van der Waals surface area contributed by atoms with E-state index in [0.29, 0.717) is 17.1 Å². The molecule has 24 heavy (non-hydrogen) atoms. The van der Waals surface area contributed by atoms with Crippen LogP contribution in [0, 0.1) is 0 Å². The Bertz CT molecular complexity index is 820. The van der Waals surface area contributed by atoms with E-state index in [1.54, 1.807) is 24.3 Å². The lowest BCUT2D eigenvalue weighted by Crippen LogP contribution is -2.33. The van der Waals surface area contributed by atoms with E-state index in [-0.39, 0.29) is 17.2 Å². The van der Waals surface area contributed by atoms with Gasteiger partial charge < -0.3 is 4.90 Å². The first-order valence-corrected chi connectivity index (χ1v) is 9.23. The molecule has 2 rings (SSSR count). The highest BCUT2D eigenvalue weighted by Gasteiger charge is 2.15. The molecule has 0 amide bonds. The second-order valence-electron chi connectivity index (χ2n) is 5.38. The topological polar surface area (TPSA) is 66.5 Å². The summed E-state index contributed by atoms with van der Waals surface area (Å²) < 4.78 is 27.2. The summed E-state index contributed by atoms with van der Waals surface area (Å²) in [6, 6.07) is 13.3. The van der Waals surface area contributed by atoms with Gasteiger partial charge in [-0.05, 0) is 43.3 Å². The minimum atomic E-state index is -3.65. The number of hydrogen-bond donors (Lipinski definition) is 1. The fourth-order valence-corrected chi connectivity index (χ4v) is 3.33. The first-order valence-electron chi connectivity index (χ1n) is 7.37. The minimum Gasteiger partial charge on any atom is -0.373 e. The van der Waals surface area contributed by atoms with Gasteiger partial charge in [-0.15, -0.1) is 0 Å². The van der Waals surface area contributed by atoms with Crippen molar-refractivity contribution in [1.82, 2.24) is 4.72 Å². The van der Waals surface area contributed by atoms with E-state index >= 15 is 0 Å². The van der Waals surface area contributed by atoms with Gasteiger partial charge in [0.05, 0.1) is 4.90 Å². The SMILES string of the molecule is CC(=O)c1cccc(S(=O)(=O)NCCN(C)c2ccc(Cl)cc2)c1. The molecule has 128 valence electrons. The Labute approximate surface area is 147 Å². The van der Waals surface area contributed by atoms with Gasteiger partial charge in [-0.2, -0.15) is 0 Å². The predicted molar refractivity (Wildman–Crippen MR) is 96.4 cm³/mol. The molecule has 0 saturated heterocycles. The predicted octanol–water partition coefficient (Wildman–Crippen LogP) is 2.96. The molecule has 0 radical (unpaired) electrons. The number of sulfonamides is 1. The van der Waals surface area contributed by atoms with Crippen LogP contribution in [-0.4, -0.2) is 34.3 Å². The fraction of sp³-hybridized carbons (Fsp3) is 0.235. The summed E-state index contributed by atoms with van der Waals surface area (Å²) in [5.74, 6) is -0.172. The molecule has 0 fully saturated rings. The van der Waals surface area contributed by atoms with E-state index in [2.05, 4.69) is 4.72 Å². The van der Waals surface area contributed by atoms with Crippen LogP contribution in [0.2, 0.25) is 5.02 Å². The number of halogens is 1. The number of anilines is 1. The van der Waals surface area contributed by atoms with Crippen molar-refractivity contribution in [1.29, 1.82) is 0 Å². The van der Waals surface area contributed by atoms with E-state index in [0.717, 1.165) is 5.69 Å². The largest absolute Gasteiger partial charge is 0.373 e. The van der Waals surface area contributed by atoms with E-state index in [4.69, 9.17) is 11.6 Å². The Hall–Kier alpha value is -1.89. The van der Waals surface area contributed by atoms with E-state index < -0.39 is 10.0 Å². The lowest BCUT2D eigenvalue weighted by Gasteiger charge is -2.19. The number of Topliss-reactive ketones (excluding diaryl/α,β-unsaturated/α-hetero) is 1. The molecule has 2 aromatic carbocycles. The summed E-state index contributed by atoms with van der Waals surface area (Å²) in [6.45, 7) is 2.14. The summed E-state index contributed by atoms with van der Waals surface area (Å²) in [6.07, 6.45) is 0. The second-order valence-corrected chi connectivity index (χ2v) is 7.58. The normalized spacial score (nSPS) is 11.3. The van der Waals surface area contributed by atoms with Crippen molar-refractivity contribution < 1.29 is 13.2 Å². The lowest BCUT2D eigenvalue weighted by atomic mass is 10.2. The molecule has 0 atom stereocenters. The summed E-state index contributed by atoms with van der Waals surface area (Å²) in [5, 5.41) is 0.651. The van der Waals surface area contributed by atoms with Crippen LogP contribution in [0.15, 0.2) is 53.4 Å². The minimum absolute atomic E-state index is 0.0874. The highest BCUT2D eigenvalue weighted by atomic mass is 35.5. The quantitative estimate of drug-likeness (QED) is 0.765. The molecule has 0 aliphatic heterocycles. The van der Waals surface area contributed by atoms with Crippen LogP contribution in [0.3, 0.4) is 0 Å². The van der Waals surface area contributed by atoms with Crippen molar-refractivity contribution in [3.05, 3.63) is 59.1 Å². The molecule has 0 aliphatic carbocycles. The first kappa shape index (κ1) is 18.4. The van der Waals surface area contributed by atoms with Crippen molar-refractivity contribution in [2.45, 2.75) is 11.8 Å². The molecule has 0 aromatic heterocycles. The number of carbonyl (C=O) groups excluding carboxylic acids is 1. The van der Waals surface area contributed by atoms with Gasteiger partial charge in [0.1, 0.15) is 0 Å². The van der Waals surface area contributed by atoms with Crippen molar-refractivity contribution >= 4 is 33.1 Å². The van der Waals surface area contributed by atoms with Crippen LogP contribution in [0.5, 0.6) is 0 Å². The molecular weight excluding hydrogens is 348 g/mol. The van der Waals surface area contributed by atoms with Crippen LogP contribution >= 0.6 is 11.6 Å². The third kappa shape index (κ3) is 4.80. The number of benzene rings is 2. The molecule has 0 heterocycles. The second kappa shape index (κ2) is 7.79. The van der Waals surface area contributed by atoms with Gasteiger partial charge in [-0.3, -0.25) is 4.79 Å². The number of nitrogens with one attached hydrogen (secondary N) is 1. The Morgan fingerprint density at radius 2 is 1.83 bits per heavy atom. The third-order valence-electron chi connectivity index (χ3n) is 3.56. The van der Waals surface area contributed by atoms with Crippen LogP contribution in [0.4, 0.5) is 5.69 Å². The van der Waals surface area contributed by atoms with Crippen molar-refractivity contribution in [3.63, 3.8) is 0 Å². The summed E-state index contributed by atoms with van der Waals surface area (Å²) in [4.78, 5) is 13.4. The zero-order valence-corrected chi connectivity index (χ0v) is 15.1. The van der Waals surface area contributed by atoms with Gasteiger partial charge in [0.25, 0.3) is 0 Å². The summed E-state index contributed by atoms with van der Waals surface area (Å²) in [7, 11) is -1.78. The summed E-state index contributed by atoms with van der Waals surface area (Å²) in [5.41, 5.74) is 1.31. The van der Waals surface area contributed by atoms with Gasteiger partial charge in [0.15, 0.2) is 5.78 Å². The zero-order valence-electron chi connectivity index (χ0n) is 13.5. The number of likely N-dealkylation sites (N-methyl/N-ethyl adjacent to an activating group) is 1. The smallest absolute Gasteiger partial charge is 0.240 e. The van der Waals surface area contributed by atoms with Gasteiger partial charge in [0, 0.05) is 36.4 Å². The monoisotopic (exact) mass is 366 g/mol. The number of rotatable bonds is 7. The third-order valence-corrected chi connectivity index (χ3v) is 5.27. The van der Waals surface area contributed by atoms with Gasteiger partial charge in [-0.25, -0.2) is 13.1 Å². The van der Waals surface area contributed by atoms with Crippen LogP contribution in [-0.2, 0) is 10.0 Å². The molecule has 7 heteroatoms. The van der Waals surface area contributed by atoms with Crippen molar-refractivity contribution in [2.24, 2.45) is 0 Å². The van der Waals surface area contributed by atoms with Crippen molar-refractivity contribution in [3.8, 4) is 0 Å². The Morgan fingerprint density at radius 1 is 1.17 bits per heavy atom. The number of carbonyl (C=O) groups is 1. The average Bonchev–Trinajstić information content (AvgIpc) is 2.55. The van der Waals surface area contributed by atoms with Gasteiger partial charge in [0.2, 0.25) is 10.0 Å². The standard InChI is InChI=1S/C17H19ClN2O3S/c1-13(21)14-4-3-5-17(12-14)24(22,23)19-10-11-20(2)16-8-6-15(18)7-9-16/h3-9,12,19H,10-11H2,1-2H3. The lowest BCUT2D eigenvalue weighted by molar-refractivity contribution is 0.101. The highest BCUT2D eigenvalue weighted by Crippen LogP contribution is 2.16. The maximum atomic E-state index is 12.3. The molecule has 2 aromatic rings. The highest BCUT2D eigenvalue weighted by molar-refractivity contribution is 7.89. The molecular formula is C17H19ClN2O3S. The molecule has 0 unspecified atom stereocenters. The number of ketones is 1. The van der Waals surface area contributed by atoms with E-state index in [1.807, 2.05) is 24.1 Å². The number of hydrogen-bond acceptors (Lipinski definition) is 4. The number of nitrogens with zero attached hydrogens (tertiary/aromatic N) is 1. The first-order chi connectivity index (χ1) is 11.3. The summed E-state index contributed by atoms with van der Waals surface area (Å²) >= 11 is 5.85. The van der Waals surface area contributed by atoms with Gasteiger partial charge in [-0.1, -0.05) is 23.7 Å². The van der Waals surface area contributed by atoms with Crippen LogP contribution in [0.1, 0.15) is 17.3 Å². The van der Waals surface area contributed by atoms with Crippen LogP contribution in [0.25, 0.3) is 0 Å². The van der Waals surface area contributed by atoms with E-state index in [1.165, 1.54) is 19.1 Å². The van der Waals surface area contributed by atoms with Crippen molar-refractivity contribution in [2.75, 3.05) is 25.0 Å². The molecule has 0 spiro atoms. The average molecular weight is 367 g/mol. The maximum Gasteiger partial charge on any atom is 0.240 e. The molecule has 1 N–H and O–H groups in total. The van der Waals surface area contributed by atoms with Crippen LogP contribution < -0.4 is 9.62 Å². The molecule has 0 aliphatic rings. The Balaban J connectivity index is 1.99. The molecule has 0 bridgehead atoms. The zero-order chi connectivity index (χ0) is 17.7.